The number of hydrazine groups is 1. The molecule has 0 radical (unpaired) electrons. The number of hydrogen-bond donors (Lipinski definition) is 2. The third-order valence-corrected chi connectivity index (χ3v) is 3.61. The Hall–Kier alpha value is -2.82. The van der Waals surface area contributed by atoms with E-state index in [0.717, 1.165) is 12.0 Å². The average Bonchev–Trinajstić information content (AvgIpc) is 2.61. The molecule has 0 unspecified atom stereocenters. The second kappa shape index (κ2) is 9.47. The third-order valence-electron chi connectivity index (χ3n) is 3.61. The van der Waals surface area contributed by atoms with Gasteiger partial charge in [-0.15, -0.1) is 0 Å². The Kier molecular flexibility index (Phi) is 7.01. The Morgan fingerprint density at radius 2 is 1.64 bits per heavy atom. The molecule has 0 saturated heterocycles. The van der Waals surface area contributed by atoms with Gasteiger partial charge in [-0.3, -0.25) is 20.4 Å². The summed E-state index contributed by atoms with van der Waals surface area (Å²) in [6, 6.07) is 16.3. The largest absolute Gasteiger partial charge is 0.493 e. The molecule has 0 fully saturated rings. The van der Waals surface area contributed by atoms with Crippen LogP contribution in [0.3, 0.4) is 0 Å². The van der Waals surface area contributed by atoms with Crippen molar-refractivity contribution in [1.29, 1.82) is 0 Å². The lowest BCUT2D eigenvalue weighted by atomic mass is 10.1. The highest BCUT2D eigenvalue weighted by Gasteiger charge is 2.13. The fraction of sp³-hybridized carbons (Fsp3) is 0.300. The van der Waals surface area contributed by atoms with E-state index < -0.39 is 5.91 Å². The van der Waals surface area contributed by atoms with E-state index in [1.807, 2.05) is 36.4 Å². The minimum atomic E-state index is -0.401. The first-order chi connectivity index (χ1) is 12.1. The van der Waals surface area contributed by atoms with Crippen LogP contribution < -0.4 is 15.6 Å². The molecule has 0 aliphatic rings. The number of hydrogen-bond acceptors (Lipinski definition) is 3. The normalized spacial score (nSPS) is 10.4. The van der Waals surface area contributed by atoms with E-state index in [1.165, 1.54) is 0 Å². The quantitative estimate of drug-likeness (QED) is 0.761. The highest BCUT2D eigenvalue weighted by molar-refractivity contribution is 5.97. The molecule has 0 saturated carbocycles. The highest BCUT2D eigenvalue weighted by atomic mass is 16.5. The summed E-state index contributed by atoms with van der Waals surface area (Å²) in [6.07, 6.45) is 1.11. The number of benzene rings is 2. The van der Waals surface area contributed by atoms with Gasteiger partial charge in [0.15, 0.2) is 0 Å². The predicted octanol–water partition coefficient (Wildman–Crippen LogP) is 3.12. The van der Waals surface area contributed by atoms with E-state index in [1.54, 1.807) is 18.2 Å². The lowest BCUT2D eigenvalue weighted by Crippen LogP contribution is -2.42. The molecule has 25 heavy (non-hydrogen) atoms. The number of carbonyl (C=O) groups excluding carboxylic acids is 2. The predicted molar refractivity (Wildman–Crippen MR) is 97.1 cm³/mol. The van der Waals surface area contributed by atoms with Crippen LogP contribution in [0.25, 0.3) is 0 Å². The maximum absolute atomic E-state index is 12.3. The van der Waals surface area contributed by atoms with Gasteiger partial charge < -0.3 is 4.74 Å². The fourth-order valence-corrected chi connectivity index (χ4v) is 2.20. The van der Waals surface area contributed by atoms with Gasteiger partial charge in [0, 0.05) is 0 Å². The maximum atomic E-state index is 12.3. The molecule has 2 N–H and O–H groups in total. The summed E-state index contributed by atoms with van der Waals surface area (Å²) in [5, 5.41) is 0. The van der Waals surface area contributed by atoms with Gasteiger partial charge in [0.25, 0.3) is 5.91 Å². The fourth-order valence-electron chi connectivity index (χ4n) is 2.20. The lowest BCUT2D eigenvalue weighted by molar-refractivity contribution is -0.121. The van der Waals surface area contributed by atoms with Crippen LogP contribution in [-0.4, -0.2) is 18.4 Å². The first-order valence-electron chi connectivity index (χ1n) is 8.41. The van der Waals surface area contributed by atoms with Crippen LogP contribution in [0.1, 0.15) is 36.2 Å². The lowest BCUT2D eigenvalue weighted by Gasteiger charge is -2.13. The number of carbonyl (C=O) groups is 2. The molecule has 5 nitrogen and oxygen atoms in total. The minimum absolute atomic E-state index is 0.202. The molecule has 2 aromatic carbocycles. The van der Waals surface area contributed by atoms with Gasteiger partial charge in [-0.1, -0.05) is 56.3 Å². The van der Waals surface area contributed by atoms with E-state index in [4.69, 9.17) is 4.74 Å². The van der Waals surface area contributed by atoms with Crippen molar-refractivity contribution in [2.45, 2.75) is 26.7 Å². The van der Waals surface area contributed by atoms with Crippen molar-refractivity contribution in [2.75, 3.05) is 6.61 Å². The van der Waals surface area contributed by atoms with E-state index in [-0.39, 0.29) is 12.3 Å². The summed E-state index contributed by atoms with van der Waals surface area (Å²) in [5.41, 5.74) is 6.15. The van der Waals surface area contributed by atoms with Crippen molar-refractivity contribution in [2.24, 2.45) is 5.92 Å². The molecule has 0 atom stereocenters. The van der Waals surface area contributed by atoms with Crippen LogP contribution in [0.5, 0.6) is 5.75 Å². The van der Waals surface area contributed by atoms with Gasteiger partial charge in [-0.05, 0) is 30.0 Å². The summed E-state index contributed by atoms with van der Waals surface area (Å²) >= 11 is 0. The number of para-hydroxylation sites is 1. The smallest absolute Gasteiger partial charge is 0.273 e. The second-order valence-electron chi connectivity index (χ2n) is 6.19. The summed E-state index contributed by atoms with van der Waals surface area (Å²) in [5.74, 6) is 0.357. The number of ether oxygens (including phenoxy) is 1. The Balaban J connectivity index is 1.88. The van der Waals surface area contributed by atoms with E-state index in [0.29, 0.717) is 23.8 Å². The van der Waals surface area contributed by atoms with Gasteiger partial charge in [0.05, 0.1) is 18.6 Å². The third kappa shape index (κ3) is 6.30. The monoisotopic (exact) mass is 340 g/mol. The van der Waals surface area contributed by atoms with Gasteiger partial charge >= 0.3 is 0 Å². The van der Waals surface area contributed by atoms with E-state index in [9.17, 15) is 9.59 Å². The van der Waals surface area contributed by atoms with Crippen LogP contribution in [0.4, 0.5) is 0 Å². The Bertz CT molecular complexity index is 699. The Morgan fingerprint density at radius 1 is 0.960 bits per heavy atom. The Labute approximate surface area is 148 Å². The average molecular weight is 340 g/mol. The maximum Gasteiger partial charge on any atom is 0.273 e. The summed E-state index contributed by atoms with van der Waals surface area (Å²) in [7, 11) is 0. The van der Waals surface area contributed by atoms with Crippen molar-refractivity contribution in [3.63, 3.8) is 0 Å². The standard InChI is InChI=1S/C20H24N2O3/c1-15(2)12-13-25-18-11-7-6-10-17(18)20(24)22-21-19(23)14-16-8-4-3-5-9-16/h3-11,15H,12-14H2,1-2H3,(H,21,23)(H,22,24). The van der Waals surface area contributed by atoms with Gasteiger partial charge in [0.2, 0.25) is 5.91 Å². The van der Waals surface area contributed by atoms with Crippen molar-refractivity contribution in [1.82, 2.24) is 10.9 Å². The zero-order valence-electron chi connectivity index (χ0n) is 14.6. The highest BCUT2D eigenvalue weighted by Crippen LogP contribution is 2.18. The molecule has 0 heterocycles. The van der Waals surface area contributed by atoms with Crippen molar-refractivity contribution < 1.29 is 14.3 Å². The SMILES string of the molecule is CC(C)CCOc1ccccc1C(=O)NNC(=O)Cc1ccccc1. The molecule has 0 spiro atoms. The van der Waals surface area contributed by atoms with Gasteiger partial charge in [0.1, 0.15) is 5.75 Å². The van der Waals surface area contributed by atoms with Crippen LogP contribution in [-0.2, 0) is 11.2 Å². The van der Waals surface area contributed by atoms with Crippen molar-refractivity contribution in [3.05, 3.63) is 65.7 Å². The molecule has 0 aliphatic heterocycles. The van der Waals surface area contributed by atoms with Crippen LogP contribution in [0.2, 0.25) is 0 Å². The molecule has 5 heteroatoms. The van der Waals surface area contributed by atoms with Crippen molar-refractivity contribution >= 4 is 11.8 Å². The molecule has 0 aromatic heterocycles. The van der Waals surface area contributed by atoms with Crippen LogP contribution in [0.15, 0.2) is 54.6 Å². The van der Waals surface area contributed by atoms with Crippen LogP contribution >= 0.6 is 0 Å². The van der Waals surface area contributed by atoms with Crippen molar-refractivity contribution in [3.8, 4) is 5.75 Å². The van der Waals surface area contributed by atoms with E-state index >= 15 is 0 Å². The molecular formula is C20H24N2O3. The Morgan fingerprint density at radius 3 is 2.36 bits per heavy atom. The topological polar surface area (TPSA) is 67.4 Å². The number of amides is 2. The van der Waals surface area contributed by atoms with E-state index in [2.05, 4.69) is 24.7 Å². The molecule has 2 rings (SSSR count). The van der Waals surface area contributed by atoms with Gasteiger partial charge in [-0.2, -0.15) is 0 Å². The molecule has 0 bridgehead atoms. The molecule has 2 amide bonds. The molecular weight excluding hydrogens is 316 g/mol. The first-order valence-corrected chi connectivity index (χ1v) is 8.41. The summed E-state index contributed by atoms with van der Waals surface area (Å²) < 4.78 is 5.70. The minimum Gasteiger partial charge on any atom is -0.493 e. The molecule has 0 aliphatic carbocycles. The molecule has 132 valence electrons. The summed E-state index contributed by atoms with van der Waals surface area (Å²) in [4.78, 5) is 24.2. The number of nitrogens with one attached hydrogen (secondary N) is 2. The second-order valence-corrected chi connectivity index (χ2v) is 6.19. The first kappa shape index (κ1) is 18.5. The number of rotatable bonds is 7. The zero-order chi connectivity index (χ0) is 18.1. The summed E-state index contributed by atoms with van der Waals surface area (Å²) in [6.45, 7) is 4.77. The van der Waals surface area contributed by atoms with Gasteiger partial charge in [-0.25, -0.2) is 0 Å². The zero-order valence-corrected chi connectivity index (χ0v) is 14.6. The molecule has 2 aromatic rings. The van der Waals surface area contributed by atoms with Crippen LogP contribution in [0, 0.1) is 5.92 Å².